The van der Waals surface area contributed by atoms with Gasteiger partial charge in [0, 0.05) is 37.8 Å². The predicted molar refractivity (Wildman–Crippen MR) is 78.3 cm³/mol. The first kappa shape index (κ1) is 18.6. The first-order valence-corrected chi connectivity index (χ1v) is 6.12. The standard InChI is InChI=1S/C13H18F2N2.2ClH/c1-2-13(17-7-5-16-6-8-17)11-9-10(14)3-4-12(11)15;;/h3-4,9,13,16H,2,5-8H2,1H3;2*1H/t13-;;/m1../s1. The fraction of sp³-hybridized carbons (Fsp3) is 0.538. The van der Waals surface area contributed by atoms with E-state index < -0.39 is 0 Å². The number of nitrogens with zero attached hydrogens (tertiary/aromatic N) is 1. The minimum absolute atomic E-state index is 0. The predicted octanol–water partition coefficient (Wildman–Crippen LogP) is 3.16. The molecule has 0 spiro atoms. The molecule has 0 aliphatic carbocycles. The maximum atomic E-state index is 13.8. The quantitative estimate of drug-likeness (QED) is 0.922. The number of benzene rings is 1. The van der Waals surface area contributed by atoms with Gasteiger partial charge in [-0.05, 0) is 24.6 Å². The summed E-state index contributed by atoms with van der Waals surface area (Å²) < 4.78 is 27.0. The molecule has 1 heterocycles. The first-order valence-electron chi connectivity index (χ1n) is 6.12. The Morgan fingerprint density at radius 1 is 1.21 bits per heavy atom. The normalized spacial score (nSPS) is 17.2. The monoisotopic (exact) mass is 312 g/mol. The summed E-state index contributed by atoms with van der Waals surface area (Å²) in [5.41, 5.74) is 0.481. The van der Waals surface area contributed by atoms with E-state index in [4.69, 9.17) is 0 Å². The summed E-state index contributed by atoms with van der Waals surface area (Å²) in [6.07, 6.45) is 0.792. The summed E-state index contributed by atoms with van der Waals surface area (Å²) in [5.74, 6) is -0.674. The zero-order chi connectivity index (χ0) is 12.3. The highest BCUT2D eigenvalue weighted by Crippen LogP contribution is 2.27. The Morgan fingerprint density at radius 2 is 1.84 bits per heavy atom. The first-order chi connectivity index (χ1) is 8.22. The molecule has 110 valence electrons. The average molecular weight is 313 g/mol. The molecule has 1 saturated heterocycles. The lowest BCUT2D eigenvalue weighted by Gasteiger charge is -2.34. The van der Waals surface area contributed by atoms with Crippen molar-refractivity contribution in [2.75, 3.05) is 26.2 Å². The van der Waals surface area contributed by atoms with Crippen molar-refractivity contribution in [1.82, 2.24) is 10.2 Å². The largest absolute Gasteiger partial charge is 0.314 e. The van der Waals surface area contributed by atoms with Crippen LogP contribution in [0, 0.1) is 11.6 Å². The molecule has 0 amide bonds. The lowest BCUT2D eigenvalue weighted by molar-refractivity contribution is 0.166. The summed E-state index contributed by atoms with van der Waals surface area (Å²) in [7, 11) is 0. The Hall–Kier alpha value is -0.420. The smallest absolute Gasteiger partial charge is 0.128 e. The van der Waals surface area contributed by atoms with E-state index in [1.54, 1.807) is 0 Å². The van der Waals surface area contributed by atoms with Gasteiger partial charge in [-0.2, -0.15) is 0 Å². The van der Waals surface area contributed by atoms with Crippen LogP contribution in [0.1, 0.15) is 24.9 Å². The van der Waals surface area contributed by atoms with Gasteiger partial charge in [0.05, 0.1) is 0 Å². The zero-order valence-electron chi connectivity index (χ0n) is 10.9. The Labute approximate surface area is 125 Å². The van der Waals surface area contributed by atoms with Gasteiger partial charge in [-0.1, -0.05) is 6.92 Å². The number of hydrogen-bond acceptors (Lipinski definition) is 2. The fourth-order valence-electron chi connectivity index (χ4n) is 2.44. The maximum Gasteiger partial charge on any atom is 0.128 e. The van der Waals surface area contributed by atoms with Crippen LogP contribution in [-0.4, -0.2) is 31.1 Å². The van der Waals surface area contributed by atoms with E-state index in [1.165, 1.54) is 18.2 Å². The highest BCUT2D eigenvalue weighted by atomic mass is 35.5. The summed E-state index contributed by atoms with van der Waals surface area (Å²) in [6.45, 7) is 5.60. The molecular weight excluding hydrogens is 293 g/mol. The van der Waals surface area contributed by atoms with Crippen molar-refractivity contribution in [1.29, 1.82) is 0 Å². The van der Waals surface area contributed by atoms with Crippen LogP contribution in [0.25, 0.3) is 0 Å². The molecule has 1 aromatic carbocycles. The molecular formula is C13H20Cl2F2N2. The van der Waals surface area contributed by atoms with Gasteiger partial charge < -0.3 is 5.32 Å². The molecule has 1 fully saturated rings. The van der Waals surface area contributed by atoms with Gasteiger partial charge in [0.25, 0.3) is 0 Å². The molecule has 1 atom stereocenters. The van der Waals surface area contributed by atoms with Crippen molar-refractivity contribution in [3.63, 3.8) is 0 Å². The summed E-state index contributed by atoms with van der Waals surface area (Å²) in [5, 5.41) is 3.26. The van der Waals surface area contributed by atoms with Gasteiger partial charge in [-0.25, -0.2) is 8.78 Å². The van der Waals surface area contributed by atoms with E-state index >= 15 is 0 Å². The topological polar surface area (TPSA) is 15.3 Å². The SMILES string of the molecule is CC[C@H](c1cc(F)ccc1F)N1CCNCC1.Cl.Cl. The van der Waals surface area contributed by atoms with Crippen LogP contribution in [0.4, 0.5) is 8.78 Å². The van der Waals surface area contributed by atoms with Gasteiger partial charge in [-0.15, -0.1) is 24.8 Å². The Balaban J connectivity index is 0.00000162. The highest BCUT2D eigenvalue weighted by molar-refractivity contribution is 5.85. The number of piperazine rings is 1. The molecule has 0 unspecified atom stereocenters. The molecule has 19 heavy (non-hydrogen) atoms. The minimum atomic E-state index is -0.366. The second-order valence-electron chi connectivity index (χ2n) is 4.38. The van der Waals surface area contributed by atoms with E-state index in [0.717, 1.165) is 32.6 Å². The van der Waals surface area contributed by atoms with Crippen LogP contribution in [0.5, 0.6) is 0 Å². The van der Waals surface area contributed by atoms with Crippen LogP contribution in [-0.2, 0) is 0 Å². The molecule has 2 nitrogen and oxygen atoms in total. The fourth-order valence-corrected chi connectivity index (χ4v) is 2.44. The summed E-state index contributed by atoms with van der Waals surface area (Å²) >= 11 is 0. The number of rotatable bonds is 3. The van der Waals surface area contributed by atoms with Crippen molar-refractivity contribution in [2.24, 2.45) is 0 Å². The molecule has 1 aliphatic heterocycles. The third kappa shape index (κ3) is 4.56. The molecule has 0 radical (unpaired) electrons. The third-order valence-electron chi connectivity index (χ3n) is 3.30. The molecule has 0 saturated carbocycles. The van der Waals surface area contributed by atoms with Crippen molar-refractivity contribution in [3.05, 3.63) is 35.4 Å². The van der Waals surface area contributed by atoms with Crippen LogP contribution in [0.15, 0.2) is 18.2 Å². The lowest BCUT2D eigenvalue weighted by atomic mass is 10.0. The van der Waals surface area contributed by atoms with Gasteiger partial charge in [0.15, 0.2) is 0 Å². The average Bonchev–Trinajstić information content (AvgIpc) is 2.36. The maximum absolute atomic E-state index is 13.8. The van der Waals surface area contributed by atoms with E-state index in [1.807, 2.05) is 6.92 Å². The van der Waals surface area contributed by atoms with Crippen molar-refractivity contribution >= 4 is 24.8 Å². The summed E-state index contributed by atoms with van der Waals surface area (Å²) in [4.78, 5) is 2.22. The van der Waals surface area contributed by atoms with Crippen molar-refractivity contribution in [2.45, 2.75) is 19.4 Å². The Bertz CT molecular complexity index is 385. The van der Waals surface area contributed by atoms with E-state index in [-0.39, 0.29) is 42.5 Å². The van der Waals surface area contributed by atoms with Crippen LogP contribution < -0.4 is 5.32 Å². The third-order valence-corrected chi connectivity index (χ3v) is 3.30. The summed E-state index contributed by atoms with van der Waals surface area (Å²) in [6, 6.07) is 3.69. The van der Waals surface area contributed by atoms with Gasteiger partial charge in [-0.3, -0.25) is 4.90 Å². The molecule has 1 N–H and O–H groups in total. The molecule has 0 aromatic heterocycles. The minimum Gasteiger partial charge on any atom is -0.314 e. The van der Waals surface area contributed by atoms with E-state index in [0.29, 0.717) is 5.56 Å². The van der Waals surface area contributed by atoms with Crippen LogP contribution in [0.2, 0.25) is 0 Å². The molecule has 1 aromatic rings. The molecule has 6 heteroatoms. The number of halogens is 4. The second kappa shape index (κ2) is 8.69. The highest BCUT2D eigenvalue weighted by Gasteiger charge is 2.23. The lowest BCUT2D eigenvalue weighted by Crippen LogP contribution is -2.45. The van der Waals surface area contributed by atoms with Crippen LogP contribution >= 0.6 is 24.8 Å². The molecule has 1 aliphatic rings. The van der Waals surface area contributed by atoms with Gasteiger partial charge in [0.2, 0.25) is 0 Å². The molecule has 0 bridgehead atoms. The van der Waals surface area contributed by atoms with Gasteiger partial charge >= 0.3 is 0 Å². The Kier molecular flexibility index (Phi) is 8.50. The van der Waals surface area contributed by atoms with E-state index in [2.05, 4.69) is 10.2 Å². The van der Waals surface area contributed by atoms with Crippen molar-refractivity contribution in [3.8, 4) is 0 Å². The van der Waals surface area contributed by atoms with Crippen molar-refractivity contribution < 1.29 is 8.78 Å². The van der Waals surface area contributed by atoms with Crippen LogP contribution in [0.3, 0.4) is 0 Å². The molecule has 2 rings (SSSR count). The van der Waals surface area contributed by atoms with Gasteiger partial charge in [0.1, 0.15) is 11.6 Å². The Morgan fingerprint density at radius 3 is 2.42 bits per heavy atom. The number of hydrogen-bond donors (Lipinski definition) is 1. The van der Waals surface area contributed by atoms with E-state index in [9.17, 15) is 8.78 Å². The number of nitrogens with one attached hydrogen (secondary N) is 1. The second-order valence-corrected chi connectivity index (χ2v) is 4.38. The zero-order valence-corrected chi connectivity index (χ0v) is 12.5.